The number of carboxylic acid groups (broad SMARTS) is 1. The Morgan fingerprint density at radius 3 is 2.12 bits per heavy atom. The third kappa shape index (κ3) is 3.78. The molecule has 0 heterocycles. The lowest BCUT2D eigenvalue weighted by molar-refractivity contribution is -0.139. The highest BCUT2D eigenvalue weighted by molar-refractivity contribution is 5.72. The van der Waals surface area contributed by atoms with Crippen LogP contribution in [0.1, 0.15) is 53.4 Å². The van der Waals surface area contributed by atoms with Gasteiger partial charge in [0.15, 0.2) is 0 Å². The number of nitrogens with one attached hydrogen (secondary N) is 1. The number of hydrogen-bond donors (Lipinski definition) is 2. The molecule has 1 rings (SSSR count). The fraction of sp³-hybridized carbons (Fsp3) is 0.923. The Morgan fingerprint density at radius 2 is 1.75 bits per heavy atom. The van der Waals surface area contributed by atoms with Gasteiger partial charge in [-0.1, -0.05) is 20.8 Å². The smallest absolute Gasteiger partial charge is 0.320 e. The Morgan fingerprint density at radius 1 is 1.25 bits per heavy atom. The SMILES string of the molecule is C[C@H](NC1CCC(C(C)(C)C)CC1)C(=O)O. The van der Waals surface area contributed by atoms with Gasteiger partial charge in [0.25, 0.3) is 0 Å². The van der Waals surface area contributed by atoms with Gasteiger partial charge in [0.1, 0.15) is 6.04 Å². The Balaban J connectivity index is 2.35. The first kappa shape index (κ1) is 13.5. The molecule has 0 aromatic heterocycles. The number of hydrogen-bond acceptors (Lipinski definition) is 2. The van der Waals surface area contributed by atoms with Crippen molar-refractivity contribution in [3.8, 4) is 0 Å². The van der Waals surface area contributed by atoms with Gasteiger partial charge in [-0.05, 0) is 43.9 Å². The second kappa shape index (κ2) is 5.17. The summed E-state index contributed by atoms with van der Waals surface area (Å²) >= 11 is 0. The summed E-state index contributed by atoms with van der Waals surface area (Å²) in [4.78, 5) is 10.7. The summed E-state index contributed by atoms with van der Waals surface area (Å²) in [5, 5.41) is 12.0. The summed E-state index contributed by atoms with van der Waals surface area (Å²) in [6.07, 6.45) is 4.65. The molecule has 1 aliphatic rings. The highest BCUT2D eigenvalue weighted by Crippen LogP contribution is 2.37. The third-order valence-electron chi connectivity index (χ3n) is 3.81. The van der Waals surface area contributed by atoms with Crippen molar-refractivity contribution < 1.29 is 9.90 Å². The van der Waals surface area contributed by atoms with Gasteiger partial charge in [0.2, 0.25) is 0 Å². The summed E-state index contributed by atoms with van der Waals surface area (Å²) in [6.45, 7) is 8.61. The monoisotopic (exact) mass is 227 g/mol. The predicted octanol–water partition coefficient (Wildman–Crippen LogP) is 2.65. The van der Waals surface area contributed by atoms with E-state index < -0.39 is 12.0 Å². The molecule has 1 fully saturated rings. The summed E-state index contributed by atoms with van der Waals surface area (Å²) < 4.78 is 0. The molecule has 3 nitrogen and oxygen atoms in total. The largest absolute Gasteiger partial charge is 0.480 e. The van der Waals surface area contributed by atoms with Crippen molar-refractivity contribution in [1.29, 1.82) is 0 Å². The third-order valence-corrected chi connectivity index (χ3v) is 3.81. The van der Waals surface area contributed by atoms with Crippen LogP contribution in [0, 0.1) is 11.3 Å². The maximum Gasteiger partial charge on any atom is 0.320 e. The van der Waals surface area contributed by atoms with Gasteiger partial charge < -0.3 is 10.4 Å². The minimum atomic E-state index is -0.752. The van der Waals surface area contributed by atoms with E-state index in [1.54, 1.807) is 6.92 Å². The summed E-state index contributed by atoms with van der Waals surface area (Å²) in [5.41, 5.74) is 0.392. The Labute approximate surface area is 98.6 Å². The maximum absolute atomic E-state index is 10.7. The van der Waals surface area contributed by atoms with Crippen molar-refractivity contribution in [3.63, 3.8) is 0 Å². The van der Waals surface area contributed by atoms with Crippen LogP contribution >= 0.6 is 0 Å². The Bertz CT molecular complexity index is 237. The van der Waals surface area contributed by atoms with E-state index in [4.69, 9.17) is 5.11 Å². The molecule has 94 valence electrons. The van der Waals surface area contributed by atoms with Gasteiger partial charge in [-0.25, -0.2) is 0 Å². The van der Waals surface area contributed by atoms with Crippen LogP contribution in [0.25, 0.3) is 0 Å². The molecule has 1 atom stereocenters. The zero-order chi connectivity index (χ0) is 12.3. The van der Waals surface area contributed by atoms with Crippen molar-refractivity contribution in [1.82, 2.24) is 5.32 Å². The second-order valence-corrected chi connectivity index (χ2v) is 6.14. The molecule has 0 amide bonds. The van der Waals surface area contributed by atoms with Crippen molar-refractivity contribution in [2.45, 2.75) is 65.5 Å². The minimum Gasteiger partial charge on any atom is -0.480 e. The topological polar surface area (TPSA) is 49.3 Å². The first-order valence-corrected chi connectivity index (χ1v) is 6.29. The zero-order valence-corrected chi connectivity index (χ0v) is 10.9. The van der Waals surface area contributed by atoms with Crippen LogP contribution < -0.4 is 5.32 Å². The van der Waals surface area contributed by atoms with E-state index in [1.165, 1.54) is 12.8 Å². The van der Waals surface area contributed by atoms with Gasteiger partial charge in [0, 0.05) is 6.04 Å². The molecule has 0 radical (unpaired) electrons. The van der Waals surface area contributed by atoms with Crippen LogP contribution in [0.3, 0.4) is 0 Å². The van der Waals surface area contributed by atoms with Gasteiger partial charge >= 0.3 is 5.97 Å². The number of carbonyl (C=O) groups is 1. The van der Waals surface area contributed by atoms with Gasteiger partial charge in [-0.2, -0.15) is 0 Å². The minimum absolute atomic E-state index is 0.392. The van der Waals surface area contributed by atoms with Crippen LogP contribution in [-0.2, 0) is 4.79 Å². The van der Waals surface area contributed by atoms with Crippen molar-refractivity contribution in [2.75, 3.05) is 0 Å². The number of aliphatic carboxylic acids is 1. The standard InChI is InChI=1S/C13H25NO2/c1-9(12(15)16)14-11-7-5-10(6-8-11)13(2,3)4/h9-11,14H,5-8H2,1-4H3,(H,15,16)/t9-,10?,11?/m0/s1. The quantitative estimate of drug-likeness (QED) is 0.779. The van der Waals surface area contributed by atoms with Crippen molar-refractivity contribution in [3.05, 3.63) is 0 Å². The lowest BCUT2D eigenvalue weighted by Gasteiger charge is -2.37. The molecule has 0 aliphatic heterocycles. The Hall–Kier alpha value is -0.570. The molecule has 0 aromatic carbocycles. The summed E-state index contributed by atoms with van der Waals surface area (Å²) in [7, 11) is 0. The molecule has 0 unspecified atom stereocenters. The van der Waals surface area contributed by atoms with Gasteiger partial charge in [0.05, 0.1) is 0 Å². The maximum atomic E-state index is 10.7. The molecule has 3 heteroatoms. The predicted molar refractivity (Wildman–Crippen MR) is 65.4 cm³/mol. The van der Waals surface area contributed by atoms with Crippen molar-refractivity contribution >= 4 is 5.97 Å². The van der Waals surface area contributed by atoms with Crippen LogP contribution in [-0.4, -0.2) is 23.2 Å². The molecular formula is C13H25NO2. The highest BCUT2D eigenvalue weighted by Gasteiger charge is 2.30. The van der Waals surface area contributed by atoms with E-state index in [1.807, 2.05) is 0 Å². The van der Waals surface area contributed by atoms with E-state index in [-0.39, 0.29) is 0 Å². The van der Waals surface area contributed by atoms with Gasteiger partial charge in [-0.3, -0.25) is 4.79 Å². The molecule has 16 heavy (non-hydrogen) atoms. The molecule has 0 aromatic rings. The van der Waals surface area contributed by atoms with E-state index in [9.17, 15) is 4.79 Å². The average Bonchev–Trinajstić information content (AvgIpc) is 2.17. The lowest BCUT2D eigenvalue weighted by atomic mass is 9.71. The molecule has 0 spiro atoms. The molecule has 0 bridgehead atoms. The lowest BCUT2D eigenvalue weighted by Crippen LogP contribution is -2.44. The summed E-state index contributed by atoms with van der Waals surface area (Å²) in [6, 6.07) is -0.0270. The normalized spacial score (nSPS) is 28.8. The van der Waals surface area contributed by atoms with E-state index in [0.717, 1.165) is 18.8 Å². The van der Waals surface area contributed by atoms with E-state index in [0.29, 0.717) is 11.5 Å². The van der Waals surface area contributed by atoms with Crippen LogP contribution in [0.4, 0.5) is 0 Å². The molecule has 0 saturated heterocycles. The fourth-order valence-electron chi connectivity index (χ4n) is 2.55. The van der Waals surface area contributed by atoms with Crippen molar-refractivity contribution in [2.24, 2.45) is 11.3 Å². The van der Waals surface area contributed by atoms with E-state index in [2.05, 4.69) is 26.1 Å². The zero-order valence-electron chi connectivity index (χ0n) is 10.9. The average molecular weight is 227 g/mol. The first-order valence-electron chi connectivity index (χ1n) is 6.29. The highest BCUT2D eigenvalue weighted by atomic mass is 16.4. The molecule has 2 N–H and O–H groups in total. The molecular weight excluding hydrogens is 202 g/mol. The molecule has 1 aliphatic carbocycles. The van der Waals surface area contributed by atoms with Crippen LogP contribution in [0.15, 0.2) is 0 Å². The summed E-state index contributed by atoms with van der Waals surface area (Å²) in [5.74, 6) is 0.0311. The van der Waals surface area contributed by atoms with Crippen LogP contribution in [0.5, 0.6) is 0 Å². The first-order chi connectivity index (χ1) is 7.30. The molecule has 1 saturated carbocycles. The number of rotatable bonds is 3. The fourth-order valence-corrected chi connectivity index (χ4v) is 2.55. The van der Waals surface area contributed by atoms with E-state index >= 15 is 0 Å². The Kier molecular flexibility index (Phi) is 4.36. The second-order valence-electron chi connectivity index (χ2n) is 6.14. The number of carboxylic acids is 1. The van der Waals surface area contributed by atoms with Gasteiger partial charge in [-0.15, -0.1) is 0 Å². The van der Waals surface area contributed by atoms with Crippen LogP contribution in [0.2, 0.25) is 0 Å².